The Morgan fingerprint density at radius 3 is 2.28 bits per heavy atom. The maximum Gasteiger partial charge on any atom is 0.240 e. The molecule has 9 heteroatoms. The number of sulfonamides is 1. The summed E-state index contributed by atoms with van der Waals surface area (Å²) in [7, 11) is -7.86. The van der Waals surface area contributed by atoms with Crippen molar-refractivity contribution in [2.45, 2.75) is 28.9 Å². The van der Waals surface area contributed by atoms with Crippen molar-refractivity contribution < 1.29 is 21.2 Å². The third-order valence-electron chi connectivity index (χ3n) is 4.47. The first kappa shape index (κ1) is 21.6. The third kappa shape index (κ3) is 4.75. The molecule has 2 aromatic carbocycles. The summed E-state index contributed by atoms with van der Waals surface area (Å²) in [4.78, 5) is 0.569. The number of hydrogen-bond acceptors (Lipinski definition) is 5. The Bertz CT molecular complexity index is 1200. The molecule has 154 valence electrons. The van der Waals surface area contributed by atoms with Gasteiger partial charge in [-0.05, 0) is 61.2 Å². The van der Waals surface area contributed by atoms with Crippen molar-refractivity contribution in [1.29, 1.82) is 0 Å². The smallest absolute Gasteiger partial charge is 0.223 e. The maximum atomic E-state index is 13.3. The number of nitrogens with one attached hydrogen (secondary N) is 1. The van der Waals surface area contributed by atoms with Crippen molar-refractivity contribution >= 4 is 31.2 Å². The minimum Gasteiger partial charge on any atom is -0.223 e. The fourth-order valence-electron chi connectivity index (χ4n) is 2.91. The number of hydrogen-bond donors (Lipinski definition) is 1. The van der Waals surface area contributed by atoms with Gasteiger partial charge in [-0.1, -0.05) is 23.8 Å². The summed E-state index contributed by atoms with van der Waals surface area (Å²) in [5.41, 5.74) is 1.16. The monoisotopic (exact) mass is 453 g/mol. The van der Waals surface area contributed by atoms with Crippen LogP contribution in [0.1, 0.15) is 21.3 Å². The van der Waals surface area contributed by atoms with Crippen molar-refractivity contribution in [3.63, 3.8) is 0 Å². The van der Waals surface area contributed by atoms with E-state index in [0.29, 0.717) is 4.88 Å². The van der Waals surface area contributed by atoms with Crippen LogP contribution >= 0.6 is 11.3 Å². The van der Waals surface area contributed by atoms with E-state index in [1.807, 2.05) is 6.92 Å². The number of benzene rings is 2. The highest BCUT2D eigenvalue weighted by atomic mass is 32.2. The van der Waals surface area contributed by atoms with E-state index in [-0.39, 0.29) is 21.9 Å². The molecular formula is C20H20FNO4S3. The summed E-state index contributed by atoms with van der Waals surface area (Å²) < 4.78 is 67.6. The van der Waals surface area contributed by atoms with Gasteiger partial charge in [0.25, 0.3) is 0 Å². The van der Waals surface area contributed by atoms with Gasteiger partial charge in [-0.15, -0.1) is 11.3 Å². The van der Waals surface area contributed by atoms with Crippen molar-refractivity contribution in [1.82, 2.24) is 4.72 Å². The maximum absolute atomic E-state index is 13.3. The normalized spacial score (nSPS) is 13.3. The molecule has 0 fully saturated rings. The molecule has 0 aliphatic carbocycles. The molecule has 1 aromatic heterocycles. The van der Waals surface area contributed by atoms with E-state index in [0.717, 1.165) is 17.7 Å². The lowest BCUT2D eigenvalue weighted by atomic mass is 10.2. The molecule has 1 atom stereocenters. The van der Waals surface area contributed by atoms with E-state index >= 15 is 0 Å². The molecule has 5 nitrogen and oxygen atoms in total. The summed E-state index contributed by atoms with van der Waals surface area (Å²) in [6.07, 6.45) is 0. The second-order valence-electron chi connectivity index (χ2n) is 6.62. The number of halogens is 1. The highest BCUT2D eigenvalue weighted by molar-refractivity contribution is 7.92. The zero-order valence-electron chi connectivity index (χ0n) is 15.8. The van der Waals surface area contributed by atoms with Crippen LogP contribution in [0.15, 0.2) is 69.8 Å². The Morgan fingerprint density at radius 1 is 1.00 bits per heavy atom. The van der Waals surface area contributed by atoms with Crippen molar-refractivity contribution in [2.75, 3.05) is 6.54 Å². The summed E-state index contributed by atoms with van der Waals surface area (Å²) in [5, 5.41) is 0.659. The molecule has 0 amide bonds. The van der Waals surface area contributed by atoms with Crippen LogP contribution in [0.5, 0.6) is 0 Å². The van der Waals surface area contributed by atoms with E-state index in [1.54, 1.807) is 29.6 Å². The van der Waals surface area contributed by atoms with Crippen LogP contribution in [0.4, 0.5) is 4.39 Å². The first-order valence-corrected chi connectivity index (χ1v) is 12.6. The van der Waals surface area contributed by atoms with Crippen LogP contribution in [0.2, 0.25) is 0 Å². The number of aryl methyl sites for hydroxylation is 2. The predicted octanol–water partition coefficient (Wildman–Crippen LogP) is 4.00. The SMILES string of the molecule is Cc1ccc(S(=O)(=O)C(CNS(=O)(=O)c2ccc(F)cc2C)c2cccs2)cc1. The average molecular weight is 454 g/mol. The van der Waals surface area contributed by atoms with Crippen LogP contribution in [0, 0.1) is 19.7 Å². The molecule has 3 rings (SSSR count). The quantitative estimate of drug-likeness (QED) is 0.586. The van der Waals surface area contributed by atoms with Gasteiger partial charge >= 0.3 is 0 Å². The molecule has 0 radical (unpaired) electrons. The van der Waals surface area contributed by atoms with Crippen LogP contribution in [0.25, 0.3) is 0 Å². The van der Waals surface area contributed by atoms with E-state index in [4.69, 9.17) is 0 Å². The Balaban J connectivity index is 1.94. The number of sulfone groups is 1. The number of rotatable bonds is 7. The highest BCUT2D eigenvalue weighted by Crippen LogP contribution is 2.32. The zero-order chi connectivity index (χ0) is 21.2. The average Bonchev–Trinajstić information content (AvgIpc) is 3.15. The van der Waals surface area contributed by atoms with Gasteiger partial charge in [0.15, 0.2) is 9.84 Å². The summed E-state index contributed by atoms with van der Waals surface area (Å²) in [6, 6.07) is 13.2. The molecule has 1 N–H and O–H groups in total. The molecule has 0 bridgehead atoms. The van der Waals surface area contributed by atoms with E-state index in [1.165, 1.54) is 36.5 Å². The lowest BCUT2D eigenvalue weighted by Crippen LogP contribution is -2.32. The minimum atomic E-state index is -4.02. The van der Waals surface area contributed by atoms with E-state index in [9.17, 15) is 21.2 Å². The fraction of sp³-hybridized carbons (Fsp3) is 0.200. The topological polar surface area (TPSA) is 80.3 Å². The summed E-state index contributed by atoms with van der Waals surface area (Å²) in [5.74, 6) is -0.542. The second kappa shape index (κ2) is 8.35. The summed E-state index contributed by atoms with van der Waals surface area (Å²) >= 11 is 1.24. The van der Waals surface area contributed by atoms with Gasteiger partial charge in [0.05, 0.1) is 9.79 Å². The Kier molecular flexibility index (Phi) is 6.23. The molecule has 0 saturated carbocycles. The van der Waals surface area contributed by atoms with Gasteiger partial charge in [-0.3, -0.25) is 0 Å². The van der Waals surface area contributed by atoms with Crippen LogP contribution < -0.4 is 4.72 Å². The second-order valence-corrected chi connectivity index (χ2v) is 11.5. The molecule has 0 aliphatic rings. The standard InChI is InChI=1S/C20H20FNO4S3/c1-14-5-8-17(9-6-14)28(23,24)20(18-4-3-11-27-18)13-22-29(25,26)19-10-7-16(21)12-15(19)2/h3-12,20,22H,13H2,1-2H3. The Hall–Kier alpha value is -2.07. The third-order valence-corrected chi connectivity index (χ3v) is 9.29. The Labute approximate surface area is 174 Å². The van der Waals surface area contributed by atoms with Crippen molar-refractivity contribution in [3.05, 3.63) is 81.8 Å². The van der Waals surface area contributed by atoms with Gasteiger partial charge < -0.3 is 0 Å². The van der Waals surface area contributed by atoms with Gasteiger partial charge in [0, 0.05) is 11.4 Å². The minimum absolute atomic E-state index is 0.0865. The van der Waals surface area contributed by atoms with E-state index in [2.05, 4.69) is 4.72 Å². The van der Waals surface area contributed by atoms with Crippen LogP contribution in [-0.2, 0) is 19.9 Å². The van der Waals surface area contributed by atoms with Crippen molar-refractivity contribution in [3.8, 4) is 0 Å². The lowest BCUT2D eigenvalue weighted by molar-refractivity contribution is 0.569. The molecular weight excluding hydrogens is 433 g/mol. The molecule has 29 heavy (non-hydrogen) atoms. The molecule has 0 spiro atoms. The van der Waals surface area contributed by atoms with E-state index < -0.39 is 30.9 Å². The predicted molar refractivity (Wildman–Crippen MR) is 112 cm³/mol. The molecule has 3 aromatic rings. The van der Waals surface area contributed by atoms with Gasteiger partial charge in [0.2, 0.25) is 10.0 Å². The molecule has 0 aliphatic heterocycles. The van der Waals surface area contributed by atoms with Gasteiger partial charge in [-0.2, -0.15) is 0 Å². The first-order chi connectivity index (χ1) is 13.6. The highest BCUT2D eigenvalue weighted by Gasteiger charge is 2.31. The summed E-state index contributed by atoms with van der Waals surface area (Å²) in [6.45, 7) is 3.00. The molecule has 1 heterocycles. The van der Waals surface area contributed by atoms with Gasteiger partial charge in [-0.25, -0.2) is 25.9 Å². The fourth-order valence-corrected chi connectivity index (χ4v) is 7.07. The first-order valence-electron chi connectivity index (χ1n) is 8.71. The molecule has 1 unspecified atom stereocenters. The number of thiophene rings is 1. The van der Waals surface area contributed by atoms with Gasteiger partial charge in [0.1, 0.15) is 11.1 Å². The Morgan fingerprint density at radius 2 is 1.69 bits per heavy atom. The van der Waals surface area contributed by atoms with Crippen LogP contribution in [-0.4, -0.2) is 23.4 Å². The largest absolute Gasteiger partial charge is 0.240 e. The molecule has 0 saturated heterocycles. The zero-order valence-corrected chi connectivity index (χ0v) is 18.2. The van der Waals surface area contributed by atoms with Crippen LogP contribution in [0.3, 0.4) is 0 Å². The lowest BCUT2D eigenvalue weighted by Gasteiger charge is -2.18. The van der Waals surface area contributed by atoms with Crippen molar-refractivity contribution in [2.24, 2.45) is 0 Å².